The third kappa shape index (κ3) is 4.45. The van der Waals surface area contributed by atoms with Crippen LogP contribution in [-0.4, -0.2) is 31.6 Å². The van der Waals surface area contributed by atoms with Crippen molar-refractivity contribution >= 4 is 17.7 Å². The highest BCUT2D eigenvalue weighted by Gasteiger charge is 2.11. The molecule has 1 aromatic carbocycles. The lowest BCUT2D eigenvalue weighted by atomic mass is 10.2. The molecule has 0 saturated carbocycles. The second-order valence-corrected chi connectivity index (χ2v) is 6.16. The monoisotopic (exact) mass is 343 g/mol. The molecule has 0 fully saturated rings. The molecular weight excluding hydrogens is 326 g/mol. The van der Waals surface area contributed by atoms with Crippen molar-refractivity contribution in [2.75, 3.05) is 5.75 Å². The fraction of sp³-hybridized carbons (Fsp3) is 0.250. The van der Waals surface area contributed by atoms with Crippen LogP contribution in [-0.2, 0) is 24.1 Å². The zero-order chi connectivity index (χ0) is 16.8. The van der Waals surface area contributed by atoms with Crippen molar-refractivity contribution in [3.05, 3.63) is 54.2 Å². The van der Waals surface area contributed by atoms with Crippen molar-refractivity contribution in [3.8, 4) is 11.4 Å². The van der Waals surface area contributed by atoms with Crippen LogP contribution in [0.1, 0.15) is 11.5 Å². The molecule has 8 heteroatoms. The van der Waals surface area contributed by atoms with Gasteiger partial charge in [-0.3, -0.25) is 9.48 Å². The number of amides is 1. The van der Waals surface area contributed by atoms with Gasteiger partial charge in [-0.05, 0) is 5.56 Å². The summed E-state index contributed by atoms with van der Waals surface area (Å²) in [5, 5.41) is 10.7. The van der Waals surface area contributed by atoms with Crippen LogP contribution in [0.25, 0.3) is 11.4 Å². The molecule has 0 unspecified atom stereocenters. The maximum Gasteiger partial charge on any atom is 0.246 e. The normalized spacial score (nSPS) is 10.7. The van der Waals surface area contributed by atoms with E-state index in [0.29, 0.717) is 17.5 Å². The molecule has 3 aromatic rings. The molecule has 0 aliphatic rings. The summed E-state index contributed by atoms with van der Waals surface area (Å²) in [6, 6.07) is 10.1. The fourth-order valence-corrected chi connectivity index (χ4v) is 2.86. The minimum atomic E-state index is -0.0583. The predicted molar refractivity (Wildman–Crippen MR) is 91.0 cm³/mol. The maximum atomic E-state index is 11.9. The van der Waals surface area contributed by atoms with Crippen molar-refractivity contribution < 1.29 is 9.32 Å². The number of nitrogens with one attached hydrogen (secondary N) is 1. The average molecular weight is 343 g/mol. The standard InChI is InChI=1S/C16H17N5O2S/c1-21-9-13(7-18-21)16-19-15(23-20-16)8-17-14(22)11-24-10-12-5-3-2-4-6-12/h2-7,9H,8,10-11H2,1H3,(H,17,22). The first-order valence-corrected chi connectivity index (χ1v) is 8.56. The van der Waals surface area contributed by atoms with E-state index in [1.165, 1.54) is 5.56 Å². The summed E-state index contributed by atoms with van der Waals surface area (Å²) in [6.45, 7) is 0.220. The Bertz CT molecular complexity index is 800. The summed E-state index contributed by atoms with van der Waals surface area (Å²) in [7, 11) is 1.82. The number of aryl methyl sites for hydroxylation is 1. The van der Waals surface area contributed by atoms with E-state index in [1.54, 1.807) is 28.8 Å². The van der Waals surface area contributed by atoms with Crippen molar-refractivity contribution in [2.45, 2.75) is 12.3 Å². The Kier molecular flexibility index (Phi) is 5.27. The van der Waals surface area contributed by atoms with Gasteiger partial charge in [0.25, 0.3) is 0 Å². The van der Waals surface area contributed by atoms with Gasteiger partial charge in [0.1, 0.15) is 0 Å². The largest absolute Gasteiger partial charge is 0.346 e. The van der Waals surface area contributed by atoms with E-state index in [2.05, 4.69) is 20.6 Å². The van der Waals surface area contributed by atoms with Crippen molar-refractivity contribution in [2.24, 2.45) is 7.05 Å². The molecule has 0 aliphatic carbocycles. The number of thioether (sulfide) groups is 1. The molecule has 124 valence electrons. The first kappa shape index (κ1) is 16.3. The van der Waals surface area contributed by atoms with E-state index < -0.39 is 0 Å². The van der Waals surface area contributed by atoms with Crippen LogP contribution in [0.5, 0.6) is 0 Å². The Morgan fingerprint density at radius 3 is 2.92 bits per heavy atom. The number of carbonyl (C=O) groups is 1. The number of hydrogen-bond donors (Lipinski definition) is 1. The van der Waals surface area contributed by atoms with Crippen LogP contribution in [0.3, 0.4) is 0 Å². The Hall–Kier alpha value is -2.61. The molecule has 3 rings (SSSR count). The van der Waals surface area contributed by atoms with E-state index in [-0.39, 0.29) is 12.5 Å². The average Bonchev–Trinajstić information content (AvgIpc) is 3.23. The Morgan fingerprint density at radius 1 is 1.33 bits per heavy atom. The summed E-state index contributed by atoms with van der Waals surface area (Å²) in [4.78, 5) is 16.1. The van der Waals surface area contributed by atoms with Gasteiger partial charge < -0.3 is 9.84 Å². The number of rotatable bonds is 7. The lowest BCUT2D eigenvalue weighted by Gasteiger charge is -2.02. The van der Waals surface area contributed by atoms with Crippen molar-refractivity contribution in [1.29, 1.82) is 0 Å². The van der Waals surface area contributed by atoms with Crippen LogP contribution >= 0.6 is 11.8 Å². The molecule has 7 nitrogen and oxygen atoms in total. The molecule has 2 aromatic heterocycles. The third-order valence-corrected chi connectivity index (χ3v) is 4.22. The quantitative estimate of drug-likeness (QED) is 0.706. The van der Waals surface area contributed by atoms with Gasteiger partial charge in [0.15, 0.2) is 0 Å². The summed E-state index contributed by atoms with van der Waals surface area (Å²) in [6.07, 6.45) is 3.46. The minimum absolute atomic E-state index is 0.0583. The zero-order valence-electron chi connectivity index (χ0n) is 13.2. The van der Waals surface area contributed by atoms with E-state index in [4.69, 9.17) is 4.52 Å². The van der Waals surface area contributed by atoms with Gasteiger partial charge in [0, 0.05) is 19.0 Å². The molecule has 1 N–H and O–H groups in total. The van der Waals surface area contributed by atoms with Gasteiger partial charge in [0.2, 0.25) is 17.6 Å². The number of hydrogen-bond acceptors (Lipinski definition) is 6. The van der Waals surface area contributed by atoms with E-state index >= 15 is 0 Å². The first-order chi connectivity index (χ1) is 11.7. The molecule has 1 amide bonds. The molecule has 2 heterocycles. The summed E-state index contributed by atoms with van der Waals surface area (Å²) >= 11 is 1.56. The van der Waals surface area contributed by atoms with Crippen molar-refractivity contribution in [1.82, 2.24) is 25.2 Å². The number of nitrogens with zero attached hydrogens (tertiary/aromatic N) is 4. The van der Waals surface area contributed by atoms with Gasteiger partial charge in [-0.1, -0.05) is 35.5 Å². The van der Waals surface area contributed by atoms with Gasteiger partial charge in [-0.25, -0.2) is 0 Å². The second-order valence-electron chi connectivity index (χ2n) is 5.17. The highest BCUT2D eigenvalue weighted by atomic mass is 32.2. The van der Waals surface area contributed by atoms with Gasteiger partial charge >= 0.3 is 0 Å². The topological polar surface area (TPSA) is 85.8 Å². The Labute approximate surface area is 143 Å². The molecular formula is C16H17N5O2S. The van der Waals surface area contributed by atoms with Crippen LogP contribution < -0.4 is 5.32 Å². The van der Waals surface area contributed by atoms with E-state index in [0.717, 1.165) is 11.3 Å². The molecule has 0 saturated heterocycles. The van der Waals surface area contributed by atoms with E-state index in [1.807, 2.05) is 37.4 Å². The Morgan fingerprint density at radius 2 is 2.17 bits per heavy atom. The van der Waals surface area contributed by atoms with E-state index in [9.17, 15) is 4.79 Å². The lowest BCUT2D eigenvalue weighted by Crippen LogP contribution is -2.24. The lowest BCUT2D eigenvalue weighted by molar-refractivity contribution is -0.118. The molecule has 0 aliphatic heterocycles. The van der Waals surface area contributed by atoms with Gasteiger partial charge in [-0.2, -0.15) is 10.1 Å². The number of aromatic nitrogens is 4. The maximum absolute atomic E-state index is 11.9. The summed E-state index contributed by atoms with van der Waals surface area (Å²) in [5.41, 5.74) is 1.98. The SMILES string of the molecule is Cn1cc(-c2noc(CNC(=O)CSCc3ccccc3)n2)cn1. The van der Waals surface area contributed by atoms with Gasteiger partial charge in [-0.15, -0.1) is 11.8 Å². The molecule has 0 spiro atoms. The minimum Gasteiger partial charge on any atom is -0.346 e. The molecule has 24 heavy (non-hydrogen) atoms. The van der Waals surface area contributed by atoms with Crippen LogP contribution in [0.15, 0.2) is 47.2 Å². The third-order valence-electron chi connectivity index (χ3n) is 3.21. The molecule has 0 bridgehead atoms. The summed E-state index contributed by atoms with van der Waals surface area (Å²) in [5.74, 6) is 1.97. The Balaban J connectivity index is 1.42. The highest BCUT2D eigenvalue weighted by Crippen LogP contribution is 2.14. The van der Waals surface area contributed by atoms with Crippen LogP contribution in [0.2, 0.25) is 0 Å². The summed E-state index contributed by atoms with van der Waals surface area (Å²) < 4.78 is 6.80. The zero-order valence-corrected chi connectivity index (χ0v) is 14.0. The van der Waals surface area contributed by atoms with Gasteiger partial charge in [0.05, 0.1) is 24.1 Å². The molecule has 0 atom stereocenters. The van der Waals surface area contributed by atoms with Crippen molar-refractivity contribution in [3.63, 3.8) is 0 Å². The fourth-order valence-electron chi connectivity index (χ4n) is 2.04. The number of carbonyl (C=O) groups excluding carboxylic acids is 1. The highest BCUT2D eigenvalue weighted by molar-refractivity contribution is 7.99. The smallest absolute Gasteiger partial charge is 0.246 e. The second kappa shape index (κ2) is 7.78. The predicted octanol–water partition coefficient (Wildman–Crippen LogP) is 2.02. The van der Waals surface area contributed by atoms with Crippen LogP contribution in [0.4, 0.5) is 0 Å². The molecule has 0 radical (unpaired) electrons. The first-order valence-electron chi connectivity index (χ1n) is 7.40. The number of benzene rings is 1. The van der Waals surface area contributed by atoms with Crippen LogP contribution in [0, 0.1) is 0 Å².